The van der Waals surface area contributed by atoms with E-state index in [1.165, 1.54) is 0 Å². The molecule has 9 nitrogen and oxygen atoms in total. The number of carboxylic acids is 1. The number of carbonyl (C=O) groups is 2. The van der Waals surface area contributed by atoms with Gasteiger partial charge in [-0.1, -0.05) is 48.5 Å². The number of fused-ring (bicyclic) bond motifs is 2. The normalized spacial score (nSPS) is 16.5. The summed E-state index contributed by atoms with van der Waals surface area (Å²) in [5.74, 6) is -0.925. The van der Waals surface area contributed by atoms with Crippen LogP contribution >= 0.6 is 0 Å². The Bertz CT molecular complexity index is 1980. The topological polar surface area (TPSA) is 162 Å². The van der Waals surface area contributed by atoms with E-state index < -0.39 is 25.6 Å². The quantitative estimate of drug-likeness (QED) is 0.197. The van der Waals surface area contributed by atoms with Gasteiger partial charge in [0.05, 0.1) is 39.0 Å². The molecule has 2 atom stereocenters. The fourth-order valence-corrected chi connectivity index (χ4v) is 9.31. The van der Waals surface area contributed by atoms with E-state index in [-0.39, 0.29) is 69.1 Å². The fraction of sp³-hybridized carbons (Fsp3) is 0.316. The van der Waals surface area contributed by atoms with Crippen LogP contribution in [0.25, 0.3) is 0 Å². The number of esters is 1. The van der Waals surface area contributed by atoms with Gasteiger partial charge in [0, 0.05) is 0 Å². The molecule has 0 fully saturated rings. The Morgan fingerprint density at radius 1 is 0.660 bits per heavy atom. The molecule has 0 saturated carbocycles. The monoisotopic (exact) mass is 728 g/mol. The van der Waals surface area contributed by atoms with Crippen LogP contribution in [0.1, 0.15) is 79.5 Å². The second kappa shape index (κ2) is 18.3. The molecule has 2 aliphatic carbocycles. The average Bonchev–Trinajstić information content (AvgIpc) is 3.09. The van der Waals surface area contributed by atoms with Crippen LogP contribution in [0.4, 0.5) is 0 Å². The third-order valence-corrected chi connectivity index (χ3v) is 12.5. The SMILES string of the molecule is CCOC(=O)C[C@@H]1CCCc2cc(S(=O)(=O)c3ccccc3)ccc21.O=C(O)C[C@@H]1CCCc2cc(S(=O)(=O)c3ccccc3)ccc21.[Na+].[OH-]. The number of rotatable bonds is 9. The van der Waals surface area contributed by atoms with Gasteiger partial charge in [-0.2, -0.15) is 0 Å². The van der Waals surface area contributed by atoms with Gasteiger partial charge in [-0.25, -0.2) is 16.8 Å². The molecule has 2 aliphatic rings. The molecule has 0 unspecified atom stereocenters. The molecule has 6 rings (SSSR count). The second-order valence-electron chi connectivity index (χ2n) is 12.1. The average molecular weight is 729 g/mol. The number of sulfone groups is 2. The minimum atomic E-state index is -3.53. The zero-order valence-corrected chi connectivity index (χ0v) is 32.0. The van der Waals surface area contributed by atoms with E-state index in [0.717, 1.165) is 60.8 Å². The Morgan fingerprint density at radius 2 is 1.08 bits per heavy atom. The van der Waals surface area contributed by atoms with Gasteiger partial charge >= 0.3 is 41.5 Å². The molecule has 0 amide bonds. The van der Waals surface area contributed by atoms with Crippen LogP contribution < -0.4 is 29.6 Å². The number of hydrogen-bond donors (Lipinski definition) is 1. The molecule has 4 aromatic carbocycles. The summed E-state index contributed by atoms with van der Waals surface area (Å²) in [6.45, 7) is 2.18. The molecule has 260 valence electrons. The van der Waals surface area contributed by atoms with E-state index in [1.54, 1.807) is 97.9 Å². The van der Waals surface area contributed by atoms with Crippen LogP contribution in [0.3, 0.4) is 0 Å². The number of ether oxygens (including phenoxy) is 1. The van der Waals surface area contributed by atoms with Crippen molar-refractivity contribution in [2.75, 3.05) is 6.61 Å². The van der Waals surface area contributed by atoms with E-state index in [0.29, 0.717) is 22.8 Å². The molecular formula is C38H41NaO9S2. The van der Waals surface area contributed by atoms with Crippen LogP contribution in [-0.4, -0.2) is 46.0 Å². The van der Waals surface area contributed by atoms with Crippen LogP contribution in [0.15, 0.2) is 117 Å². The Kier molecular flexibility index (Phi) is 15.0. The summed E-state index contributed by atoms with van der Waals surface area (Å²) in [4.78, 5) is 24.0. The summed E-state index contributed by atoms with van der Waals surface area (Å²) in [5.41, 5.74) is 4.04. The Morgan fingerprint density at radius 3 is 1.48 bits per heavy atom. The van der Waals surface area contributed by atoms with E-state index in [9.17, 15) is 26.4 Å². The van der Waals surface area contributed by atoms with Gasteiger partial charge < -0.3 is 15.3 Å². The summed E-state index contributed by atoms with van der Waals surface area (Å²) in [6, 6.07) is 27.2. The van der Waals surface area contributed by atoms with Gasteiger partial charge in [0.25, 0.3) is 0 Å². The number of aryl methyl sites for hydroxylation is 2. The van der Waals surface area contributed by atoms with Crippen molar-refractivity contribution in [3.05, 3.63) is 119 Å². The minimum absolute atomic E-state index is 0. The van der Waals surface area contributed by atoms with Crippen molar-refractivity contribution in [3.63, 3.8) is 0 Å². The molecule has 4 aromatic rings. The first-order valence-corrected chi connectivity index (χ1v) is 19.2. The maximum atomic E-state index is 12.8. The van der Waals surface area contributed by atoms with Crippen molar-refractivity contribution in [2.24, 2.45) is 0 Å². The number of carboxylic acid groups (broad SMARTS) is 1. The van der Waals surface area contributed by atoms with Crippen molar-refractivity contribution in [1.29, 1.82) is 0 Å². The first-order valence-electron chi connectivity index (χ1n) is 16.2. The summed E-state index contributed by atoms with van der Waals surface area (Å²) < 4.78 is 56.0. The largest absolute Gasteiger partial charge is 1.00 e. The maximum absolute atomic E-state index is 12.8. The third-order valence-electron chi connectivity index (χ3n) is 8.97. The number of benzene rings is 4. The molecule has 0 aromatic heterocycles. The van der Waals surface area contributed by atoms with E-state index in [1.807, 2.05) is 6.07 Å². The summed E-state index contributed by atoms with van der Waals surface area (Å²) in [5, 5.41) is 9.03. The van der Waals surface area contributed by atoms with Gasteiger partial charge in [0.1, 0.15) is 0 Å². The Labute approximate surface area is 316 Å². The molecule has 2 N–H and O–H groups in total. The number of hydrogen-bond acceptors (Lipinski definition) is 8. The van der Waals surface area contributed by atoms with Crippen LogP contribution in [0.2, 0.25) is 0 Å². The zero-order valence-electron chi connectivity index (χ0n) is 28.3. The molecule has 0 heterocycles. The summed E-state index contributed by atoms with van der Waals surface area (Å²) >= 11 is 0. The zero-order chi connectivity index (χ0) is 34.3. The summed E-state index contributed by atoms with van der Waals surface area (Å²) in [7, 11) is -7.04. The van der Waals surface area contributed by atoms with E-state index in [4.69, 9.17) is 9.84 Å². The van der Waals surface area contributed by atoms with Crippen LogP contribution in [0, 0.1) is 0 Å². The minimum Gasteiger partial charge on any atom is -0.870 e. The standard InChI is InChI=1S/C20H22O4S.C18H18O4S.Na.H2O/c1-2-24-20(21)14-16-8-6-7-15-13-18(11-12-19(15)16)25(22,23)17-9-4-3-5-10-17;19-18(20)12-14-6-4-5-13-11-16(9-10-17(13)14)23(21,22)15-7-2-1-3-8-15;;/h3-5,9-13,16H,2,6-8,14H2,1H3;1-3,7-11,14H,4-6,12H2,(H,19,20);;1H2/q;;+1;/p-1/t16-;14-;;/m00../s1. The van der Waals surface area contributed by atoms with Gasteiger partial charge in [0.2, 0.25) is 19.7 Å². The van der Waals surface area contributed by atoms with Crippen molar-refractivity contribution in [3.8, 4) is 0 Å². The summed E-state index contributed by atoms with van der Waals surface area (Å²) in [6.07, 6.45) is 5.69. The molecule has 50 heavy (non-hydrogen) atoms. The van der Waals surface area contributed by atoms with Gasteiger partial charge in [-0.15, -0.1) is 0 Å². The maximum Gasteiger partial charge on any atom is 1.00 e. The first kappa shape index (κ1) is 41.1. The van der Waals surface area contributed by atoms with E-state index >= 15 is 0 Å². The molecule has 0 radical (unpaired) electrons. The molecule has 0 aliphatic heterocycles. The third kappa shape index (κ3) is 9.71. The van der Waals surface area contributed by atoms with Gasteiger partial charge in [-0.05, 0) is 128 Å². The Hall–Kier alpha value is -3.32. The molecule has 0 saturated heterocycles. The van der Waals surface area contributed by atoms with Crippen molar-refractivity contribution < 1.29 is 71.3 Å². The van der Waals surface area contributed by atoms with E-state index in [2.05, 4.69) is 0 Å². The molecule has 0 spiro atoms. The van der Waals surface area contributed by atoms with Gasteiger partial charge in [-0.3, -0.25) is 9.59 Å². The van der Waals surface area contributed by atoms with Crippen molar-refractivity contribution in [1.82, 2.24) is 0 Å². The molecule has 0 bridgehead atoms. The van der Waals surface area contributed by atoms with Crippen molar-refractivity contribution in [2.45, 2.75) is 89.7 Å². The number of aliphatic carboxylic acids is 1. The predicted molar refractivity (Wildman–Crippen MR) is 183 cm³/mol. The van der Waals surface area contributed by atoms with Gasteiger partial charge in [0.15, 0.2) is 0 Å². The molecular weight excluding hydrogens is 688 g/mol. The van der Waals surface area contributed by atoms with Crippen molar-refractivity contribution >= 4 is 31.6 Å². The Balaban J connectivity index is 0.000000261. The predicted octanol–water partition coefficient (Wildman–Crippen LogP) is 4.13. The number of carbonyl (C=O) groups excluding carboxylic acids is 1. The second-order valence-corrected chi connectivity index (χ2v) is 16.0. The smallest absolute Gasteiger partial charge is 0.870 e. The first-order chi connectivity index (χ1) is 23.0. The molecule has 12 heteroatoms. The van der Waals surface area contributed by atoms with Crippen LogP contribution in [-0.2, 0) is 46.8 Å². The fourth-order valence-electron chi connectivity index (χ4n) is 6.64. The van der Waals surface area contributed by atoms with Crippen LogP contribution in [0.5, 0.6) is 0 Å².